The van der Waals surface area contributed by atoms with Gasteiger partial charge >= 0.3 is 0 Å². The molecule has 1 aromatic heterocycles. The third-order valence-electron chi connectivity index (χ3n) is 5.60. The van der Waals surface area contributed by atoms with E-state index in [1.165, 1.54) is 51.4 Å². The maximum Gasteiger partial charge on any atom is 0.114 e. The van der Waals surface area contributed by atoms with Crippen LogP contribution in [0, 0.1) is 5.92 Å². The quantitative estimate of drug-likeness (QED) is 0.875. The molecular formula is C18H32N4O. The molecule has 0 radical (unpaired) electrons. The lowest BCUT2D eigenvalue weighted by atomic mass is 9.87. The fourth-order valence-electron chi connectivity index (χ4n) is 4.09. The molecule has 2 N–H and O–H groups in total. The average molecular weight is 320 g/mol. The highest BCUT2D eigenvalue weighted by Gasteiger charge is 2.29. The van der Waals surface area contributed by atoms with Crippen LogP contribution in [0.4, 0.5) is 0 Å². The zero-order valence-corrected chi connectivity index (χ0v) is 14.7. The predicted molar refractivity (Wildman–Crippen MR) is 91.1 cm³/mol. The number of nitrogens with zero attached hydrogens (tertiary/aromatic N) is 3. The number of aromatic nitrogens is 3. The highest BCUT2D eigenvalue weighted by Crippen LogP contribution is 2.30. The van der Waals surface area contributed by atoms with Crippen molar-refractivity contribution in [3.63, 3.8) is 0 Å². The summed E-state index contributed by atoms with van der Waals surface area (Å²) in [6.45, 7) is 4.68. The van der Waals surface area contributed by atoms with Crippen molar-refractivity contribution in [2.45, 2.75) is 89.3 Å². The molecule has 2 fully saturated rings. The van der Waals surface area contributed by atoms with Crippen LogP contribution >= 0.6 is 0 Å². The number of hydrogen-bond donors (Lipinski definition) is 2. The van der Waals surface area contributed by atoms with E-state index in [1.807, 2.05) is 10.9 Å². The lowest BCUT2D eigenvalue weighted by Gasteiger charge is -2.34. The molecule has 0 aliphatic heterocycles. The minimum atomic E-state index is -0.919. The Morgan fingerprint density at radius 1 is 1.13 bits per heavy atom. The summed E-state index contributed by atoms with van der Waals surface area (Å²) < 4.78 is 1.99. The van der Waals surface area contributed by atoms with E-state index in [-0.39, 0.29) is 0 Å². The van der Waals surface area contributed by atoms with Gasteiger partial charge in [-0.1, -0.05) is 37.3 Å². The van der Waals surface area contributed by atoms with Crippen molar-refractivity contribution in [3.05, 3.63) is 11.9 Å². The van der Waals surface area contributed by atoms with Crippen LogP contribution in [0.25, 0.3) is 0 Å². The molecule has 5 heteroatoms. The summed E-state index contributed by atoms with van der Waals surface area (Å²) in [6, 6.07) is 0.859. The standard InChI is InChI=1S/C18H32N4O/c1-18(2,23)17-13-22(21-20-17)16-11-7-6-10-15(16)19-12-14-8-4-3-5-9-14/h13-16,19,23H,3-12H2,1-2H3/t15-,16+/m0/s1. The van der Waals surface area contributed by atoms with E-state index < -0.39 is 5.60 Å². The van der Waals surface area contributed by atoms with Crippen LogP contribution in [0.1, 0.15) is 83.4 Å². The summed E-state index contributed by atoms with van der Waals surface area (Å²) in [6.07, 6.45) is 13.8. The summed E-state index contributed by atoms with van der Waals surface area (Å²) in [5, 5.41) is 22.4. The van der Waals surface area contributed by atoms with Crippen LogP contribution in [-0.2, 0) is 5.60 Å². The van der Waals surface area contributed by atoms with Gasteiger partial charge in [-0.05, 0) is 52.0 Å². The Morgan fingerprint density at radius 3 is 2.52 bits per heavy atom. The highest BCUT2D eigenvalue weighted by molar-refractivity contribution is 5.04. The SMILES string of the molecule is CC(C)(O)c1cn([C@@H]2CCCC[C@@H]2NCC2CCCCC2)nn1. The first-order valence-electron chi connectivity index (χ1n) is 9.42. The van der Waals surface area contributed by atoms with Crippen LogP contribution in [0.2, 0.25) is 0 Å². The summed E-state index contributed by atoms with van der Waals surface area (Å²) in [4.78, 5) is 0. The first kappa shape index (κ1) is 16.9. The average Bonchev–Trinajstić information content (AvgIpc) is 3.04. The number of hydrogen-bond acceptors (Lipinski definition) is 4. The van der Waals surface area contributed by atoms with E-state index >= 15 is 0 Å². The van der Waals surface area contributed by atoms with Crippen molar-refractivity contribution in [3.8, 4) is 0 Å². The third kappa shape index (κ3) is 4.32. The summed E-state index contributed by atoms with van der Waals surface area (Å²) >= 11 is 0. The van der Waals surface area contributed by atoms with Gasteiger partial charge in [0.05, 0.1) is 12.2 Å². The molecule has 3 rings (SSSR count). The molecule has 0 spiro atoms. The van der Waals surface area contributed by atoms with Gasteiger partial charge in [0.1, 0.15) is 11.3 Å². The minimum Gasteiger partial charge on any atom is -0.384 e. The smallest absolute Gasteiger partial charge is 0.114 e. The largest absolute Gasteiger partial charge is 0.384 e. The molecule has 0 unspecified atom stereocenters. The second kappa shape index (κ2) is 7.31. The molecule has 2 aliphatic carbocycles. The molecule has 2 aliphatic rings. The van der Waals surface area contributed by atoms with Gasteiger partial charge in [-0.2, -0.15) is 0 Å². The lowest BCUT2D eigenvalue weighted by Crippen LogP contribution is -2.42. The molecule has 1 heterocycles. The first-order chi connectivity index (χ1) is 11.0. The molecule has 0 saturated heterocycles. The van der Waals surface area contributed by atoms with Gasteiger partial charge in [0.15, 0.2) is 0 Å². The maximum absolute atomic E-state index is 10.1. The van der Waals surface area contributed by atoms with E-state index in [9.17, 15) is 5.11 Å². The molecule has 0 amide bonds. The fraction of sp³-hybridized carbons (Fsp3) is 0.889. The Bertz CT molecular complexity index is 487. The van der Waals surface area contributed by atoms with Gasteiger partial charge in [0, 0.05) is 6.04 Å². The summed E-state index contributed by atoms with van der Waals surface area (Å²) in [5.41, 5.74) is -0.258. The van der Waals surface area contributed by atoms with Gasteiger partial charge in [-0.3, -0.25) is 0 Å². The fourth-order valence-corrected chi connectivity index (χ4v) is 4.09. The number of rotatable bonds is 5. The van der Waals surface area contributed by atoms with E-state index in [2.05, 4.69) is 15.6 Å². The third-order valence-corrected chi connectivity index (χ3v) is 5.60. The minimum absolute atomic E-state index is 0.371. The molecule has 0 aromatic carbocycles. The molecule has 2 saturated carbocycles. The van der Waals surface area contributed by atoms with Crippen molar-refractivity contribution in [1.29, 1.82) is 0 Å². The summed E-state index contributed by atoms with van der Waals surface area (Å²) in [7, 11) is 0. The van der Waals surface area contributed by atoms with Crippen LogP contribution in [0.15, 0.2) is 6.20 Å². The first-order valence-corrected chi connectivity index (χ1v) is 9.42. The molecule has 23 heavy (non-hydrogen) atoms. The van der Waals surface area contributed by atoms with Crippen molar-refractivity contribution in [2.75, 3.05) is 6.54 Å². The van der Waals surface area contributed by atoms with Crippen LogP contribution in [0.3, 0.4) is 0 Å². The molecule has 130 valence electrons. The molecule has 0 bridgehead atoms. The number of aliphatic hydroxyl groups is 1. The Hall–Kier alpha value is -0.940. The molecule has 5 nitrogen and oxygen atoms in total. The van der Waals surface area contributed by atoms with Crippen molar-refractivity contribution >= 4 is 0 Å². The topological polar surface area (TPSA) is 63.0 Å². The van der Waals surface area contributed by atoms with Crippen LogP contribution in [0.5, 0.6) is 0 Å². The molecule has 1 aromatic rings. The van der Waals surface area contributed by atoms with E-state index in [4.69, 9.17) is 0 Å². The van der Waals surface area contributed by atoms with Gasteiger partial charge in [0.2, 0.25) is 0 Å². The van der Waals surface area contributed by atoms with Crippen LogP contribution in [-0.4, -0.2) is 32.7 Å². The van der Waals surface area contributed by atoms with Crippen molar-refractivity contribution in [2.24, 2.45) is 5.92 Å². The zero-order valence-electron chi connectivity index (χ0n) is 14.7. The zero-order chi connectivity index (χ0) is 16.3. The highest BCUT2D eigenvalue weighted by atomic mass is 16.3. The molecular weight excluding hydrogens is 288 g/mol. The van der Waals surface area contributed by atoms with E-state index in [0.717, 1.165) is 18.9 Å². The summed E-state index contributed by atoms with van der Waals surface area (Å²) in [5.74, 6) is 0.856. The van der Waals surface area contributed by atoms with E-state index in [1.54, 1.807) is 13.8 Å². The maximum atomic E-state index is 10.1. The normalized spacial score (nSPS) is 27.3. The Morgan fingerprint density at radius 2 is 1.83 bits per heavy atom. The predicted octanol–water partition coefficient (Wildman–Crippen LogP) is 3.16. The molecule has 2 atom stereocenters. The van der Waals surface area contributed by atoms with Crippen molar-refractivity contribution in [1.82, 2.24) is 20.3 Å². The monoisotopic (exact) mass is 320 g/mol. The van der Waals surface area contributed by atoms with Crippen LogP contribution < -0.4 is 5.32 Å². The second-order valence-corrected chi connectivity index (χ2v) is 8.01. The Labute approximate surface area is 139 Å². The van der Waals surface area contributed by atoms with Gasteiger partial charge in [-0.25, -0.2) is 4.68 Å². The van der Waals surface area contributed by atoms with Gasteiger partial charge < -0.3 is 10.4 Å². The Balaban J connectivity index is 1.62. The second-order valence-electron chi connectivity index (χ2n) is 8.01. The van der Waals surface area contributed by atoms with Crippen molar-refractivity contribution < 1.29 is 5.11 Å². The lowest BCUT2D eigenvalue weighted by molar-refractivity contribution is 0.0736. The Kier molecular flexibility index (Phi) is 5.37. The van der Waals surface area contributed by atoms with Gasteiger partial charge in [-0.15, -0.1) is 5.10 Å². The van der Waals surface area contributed by atoms with E-state index in [0.29, 0.717) is 17.8 Å². The number of nitrogens with one attached hydrogen (secondary N) is 1. The van der Waals surface area contributed by atoms with Gasteiger partial charge in [0.25, 0.3) is 0 Å².